The lowest BCUT2D eigenvalue weighted by Gasteiger charge is -2.18. The molecule has 0 saturated heterocycles. The molecule has 0 aliphatic carbocycles. The Morgan fingerprint density at radius 1 is 1.17 bits per heavy atom. The first-order chi connectivity index (χ1) is 14.1. The SMILES string of the molecule is C=CCN(C(=O)COC(=O)c1cccc(OC)c1)c1nc(-c2ccccc2)cs1. The van der Waals surface area contributed by atoms with Crippen LogP contribution in [-0.4, -0.2) is 37.1 Å². The highest BCUT2D eigenvalue weighted by Gasteiger charge is 2.20. The van der Waals surface area contributed by atoms with Gasteiger partial charge in [-0.25, -0.2) is 9.78 Å². The van der Waals surface area contributed by atoms with E-state index in [1.807, 2.05) is 35.7 Å². The Labute approximate surface area is 173 Å². The zero-order valence-electron chi connectivity index (χ0n) is 15.9. The Balaban J connectivity index is 1.69. The quantitative estimate of drug-likeness (QED) is 0.413. The molecule has 2 aromatic carbocycles. The fourth-order valence-corrected chi connectivity index (χ4v) is 3.44. The maximum Gasteiger partial charge on any atom is 0.338 e. The van der Waals surface area contributed by atoms with Gasteiger partial charge in [0.15, 0.2) is 11.7 Å². The molecule has 1 heterocycles. The lowest BCUT2D eigenvalue weighted by molar-refractivity contribution is -0.121. The highest BCUT2D eigenvalue weighted by atomic mass is 32.1. The number of hydrogen-bond donors (Lipinski definition) is 0. The highest BCUT2D eigenvalue weighted by molar-refractivity contribution is 7.14. The number of thiazole rings is 1. The van der Waals surface area contributed by atoms with E-state index in [0.29, 0.717) is 16.4 Å². The fourth-order valence-electron chi connectivity index (χ4n) is 2.58. The van der Waals surface area contributed by atoms with Crippen molar-refractivity contribution in [1.29, 1.82) is 0 Å². The predicted octanol–water partition coefficient (Wildman–Crippen LogP) is 4.19. The molecule has 7 heteroatoms. The van der Waals surface area contributed by atoms with Crippen LogP contribution in [0.1, 0.15) is 10.4 Å². The number of esters is 1. The summed E-state index contributed by atoms with van der Waals surface area (Å²) in [4.78, 5) is 30.9. The molecular weight excluding hydrogens is 388 g/mol. The number of carbonyl (C=O) groups excluding carboxylic acids is 2. The van der Waals surface area contributed by atoms with E-state index in [4.69, 9.17) is 9.47 Å². The van der Waals surface area contributed by atoms with Crippen LogP contribution in [0, 0.1) is 0 Å². The summed E-state index contributed by atoms with van der Waals surface area (Å²) in [6, 6.07) is 16.3. The lowest BCUT2D eigenvalue weighted by atomic mass is 10.2. The van der Waals surface area contributed by atoms with E-state index in [1.54, 1.807) is 30.3 Å². The van der Waals surface area contributed by atoms with Crippen molar-refractivity contribution in [3.05, 3.63) is 78.2 Å². The van der Waals surface area contributed by atoms with Gasteiger partial charge in [0.1, 0.15) is 5.75 Å². The number of anilines is 1. The molecule has 29 heavy (non-hydrogen) atoms. The molecule has 1 amide bonds. The van der Waals surface area contributed by atoms with Crippen molar-refractivity contribution in [2.24, 2.45) is 0 Å². The molecule has 0 saturated carbocycles. The summed E-state index contributed by atoms with van der Waals surface area (Å²) in [5.41, 5.74) is 2.05. The van der Waals surface area contributed by atoms with Crippen LogP contribution < -0.4 is 9.64 Å². The minimum atomic E-state index is -0.597. The molecule has 0 spiro atoms. The first-order valence-electron chi connectivity index (χ1n) is 8.85. The van der Waals surface area contributed by atoms with E-state index >= 15 is 0 Å². The van der Waals surface area contributed by atoms with Gasteiger partial charge >= 0.3 is 5.97 Å². The number of aromatic nitrogens is 1. The fraction of sp³-hybridized carbons (Fsp3) is 0.136. The van der Waals surface area contributed by atoms with Gasteiger partial charge in [-0.05, 0) is 18.2 Å². The monoisotopic (exact) mass is 408 g/mol. The number of nitrogens with zero attached hydrogens (tertiary/aromatic N) is 2. The average molecular weight is 408 g/mol. The summed E-state index contributed by atoms with van der Waals surface area (Å²) in [6.07, 6.45) is 1.60. The third-order valence-electron chi connectivity index (χ3n) is 4.04. The van der Waals surface area contributed by atoms with E-state index in [0.717, 1.165) is 11.3 Å². The van der Waals surface area contributed by atoms with Crippen molar-refractivity contribution in [1.82, 2.24) is 4.98 Å². The molecule has 0 fully saturated rings. The molecule has 3 rings (SSSR count). The van der Waals surface area contributed by atoms with Gasteiger partial charge in [-0.1, -0.05) is 42.5 Å². The molecular formula is C22H20N2O4S. The maximum absolute atomic E-state index is 12.7. The third kappa shape index (κ3) is 5.08. The highest BCUT2D eigenvalue weighted by Crippen LogP contribution is 2.27. The van der Waals surface area contributed by atoms with Gasteiger partial charge in [-0.15, -0.1) is 17.9 Å². The second kappa shape index (κ2) is 9.66. The molecule has 0 bridgehead atoms. The average Bonchev–Trinajstić information content (AvgIpc) is 3.26. The molecule has 3 aromatic rings. The molecule has 148 valence electrons. The van der Waals surface area contributed by atoms with Gasteiger partial charge in [0.2, 0.25) is 0 Å². The van der Waals surface area contributed by atoms with Crippen molar-refractivity contribution in [3.8, 4) is 17.0 Å². The maximum atomic E-state index is 12.7. The van der Waals surface area contributed by atoms with Crippen molar-refractivity contribution >= 4 is 28.3 Å². The minimum absolute atomic E-state index is 0.261. The van der Waals surface area contributed by atoms with Crippen molar-refractivity contribution < 1.29 is 19.1 Å². The van der Waals surface area contributed by atoms with Gasteiger partial charge in [-0.3, -0.25) is 9.69 Å². The largest absolute Gasteiger partial charge is 0.497 e. The Bertz CT molecular complexity index is 1000. The van der Waals surface area contributed by atoms with Crippen molar-refractivity contribution in [3.63, 3.8) is 0 Å². The molecule has 0 unspecified atom stereocenters. The summed E-state index contributed by atoms with van der Waals surface area (Å²) < 4.78 is 10.3. The van der Waals surface area contributed by atoms with E-state index in [2.05, 4.69) is 11.6 Å². The number of methoxy groups -OCH3 is 1. The zero-order valence-corrected chi connectivity index (χ0v) is 16.7. The van der Waals surface area contributed by atoms with Crippen LogP contribution in [0.3, 0.4) is 0 Å². The smallest absolute Gasteiger partial charge is 0.338 e. The van der Waals surface area contributed by atoms with Crippen LogP contribution in [0.2, 0.25) is 0 Å². The number of benzene rings is 2. The molecule has 6 nitrogen and oxygen atoms in total. The second-order valence-electron chi connectivity index (χ2n) is 5.98. The summed E-state index contributed by atoms with van der Waals surface area (Å²) in [7, 11) is 1.51. The number of carbonyl (C=O) groups is 2. The van der Waals surface area contributed by atoms with Gasteiger partial charge in [-0.2, -0.15) is 0 Å². The summed E-state index contributed by atoms with van der Waals surface area (Å²) in [5, 5.41) is 2.40. The first-order valence-corrected chi connectivity index (χ1v) is 9.73. The first kappa shape index (κ1) is 20.3. The van der Waals surface area contributed by atoms with Crippen LogP contribution >= 0.6 is 11.3 Å². The molecule has 0 aliphatic rings. The lowest BCUT2D eigenvalue weighted by Crippen LogP contribution is -2.34. The topological polar surface area (TPSA) is 68.7 Å². The van der Waals surface area contributed by atoms with Crippen molar-refractivity contribution in [2.75, 3.05) is 25.2 Å². The van der Waals surface area contributed by atoms with Gasteiger partial charge < -0.3 is 9.47 Å². The molecule has 0 N–H and O–H groups in total. The van der Waals surface area contributed by atoms with Crippen molar-refractivity contribution in [2.45, 2.75) is 0 Å². The van der Waals surface area contributed by atoms with E-state index < -0.39 is 12.6 Å². The van der Waals surface area contributed by atoms with Crippen LogP contribution in [0.5, 0.6) is 5.75 Å². The van der Waals surface area contributed by atoms with Crippen LogP contribution in [0.15, 0.2) is 72.6 Å². The molecule has 0 radical (unpaired) electrons. The van der Waals surface area contributed by atoms with Crippen LogP contribution in [0.4, 0.5) is 5.13 Å². The Hall–Kier alpha value is -3.45. The summed E-state index contributed by atoms with van der Waals surface area (Å²) in [6.45, 7) is 3.56. The standard InChI is InChI=1S/C22H20N2O4S/c1-3-12-24(22-23-19(15-29-22)16-8-5-4-6-9-16)20(25)14-28-21(26)17-10-7-11-18(13-17)27-2/h3-11,13,15H,1,12,14H2,2H3. The normalized spacial score (nSPS) is 10.2. The third-order valence-corrected chi connectivity index (χ3v) is 4.90. The molecule has 0 aliphatic heterocycles. The minimum Gasteiger partial charge on any atom is -0.497 e. The molecule has 0 atom stereocenters. The zero-order chi connectivity index (χ0) is 20.6. The Morgan fingerprint density at radius 2 is 1.97 bits per heavy atom. The van der Waals surface area contributed by atoms with Gasteiger partial charge in [0.05, 0.1) is 18.4 Å². The van der Waals surface area contributed by atoms with E-state index in [1.165, 1.54) is 23.3 Å². The van der Waals surface area contributed by atoms with Crippen LogP contribution in [0.25, 0.3) is 11.3 Å². The molecule has 1 aromatic heterocycles. The second-order valence-corrected chi connectivity index (χ2v) is 6.82. The predicted molar refractivity (Wildman–Crippen MR) is 113 cm³/mol. The summed E-state index contributed by atoms with van der Waals surface area (Å²) in [5.74, 6) is -0.440. The van der Waals surface area contributed by atoms with Gasteiger partial charge in [0.25, 0.3) is 5.91 Å². The Kier molecular flexibility index (Phi) is 6.76. The number of amides is 1. The Morgan fingerprint density at radius 3 is 2.69 bits per heavy atom. The summed E-state index contributed by atoms with van der Waals surface area (Å²) >= 11 is 1.35. The number of hydrogen-bond acceptors (Lipinski definition) is 6. The van der Waals surface area contributed by atoms with Crippen LogP contribution in [-0.2, 0) is 9.53 Å². The number of ether oxygens (including phenoxy) is 2. The van der Waals surface area contributed by atoms with E-state index in [9.17, 15) is 9.59 Å². The van der Waals surface area contributed by atoms with Gasteiger partial charge in [0, 0.05) is 17.5 Å². The van der Waals surface area contributed by atoms with E-state index in [-0.39, 0.29) is 12.5 Å². The number of rotatable bonds is 8.